The molecule has 1 aliphatic carbocycles. The Morgan fingerprint density at radius 2 is 1.41 bits per heavy atom. The summed E-state index contributed by atoms with van der Waals surface area (Å²) in [4.78, 5) is 40.2. The van der Waals surface area contributed by atoms with Crippen molar-refractivity contribution in [3.8, 4) is 0 Å². The Hall–Kier alpha value is -2.56. The number of rotatable bonds is 6. The summed E-state index contributed by atoms with van der Waals surface area (Å²) in [6.45, 7) is 3.54. The van der Waals surface area contributed by atoms with E-state index in [2.05, 4.69) is 10.6 Å². The lowest BCUT2D eigenvalue weighted by atomic mass is 9.94. The first kappa shape index (κ1) is 26.7. The number of nitrogens with zero attached hydrogens (tertiary/aromatic N) is 2. The fourth-order valence-corrected chi connectivity index (χ4v) is 6.85. The molecule has 1 saturated carbocycles. The lowest BCUT2D eigenvalue weighted by Gasteiger charge is -2.38. The van der Waals surface area contributed by atoms with Gasteiger partial charge in [0.15, 0.2) is 5.82 Å². The predicted molar refractivity (Wildman–Crippen MR) is 142 cm³/mol. The van der Waals surface area contributed by atoms with Crippen molar-refractivity contribution in [1.82, 2.24) is 15.5 Å². The Bertz CT molecular complexity index is 1090. The molecule has 4 fully saturated rings. The van der Waals surface area contributed by atoms with E-state index in [-0.39, 0.29) is 49.2 Å². The third-order valence-corrected chi connectivity index (χ3v) is 9.09. The van der Waals surface area contributed by atoms with Gasteiger partial charge in [-0.05, 0) is 83.0 Å². The zero-order valence-corrected chi connectivity index (χ0v) is 22.5. The monoisotopic (exact) mass is 542 g/mol. The molecule has 9 nitrogen and oxygen atoms in total. The van der Waals surface area contributed by atoms with E-state index < -0.39 is 11.9 Å². The molecule has 0 radical (unpaired) electrons. The summed E-state index contributed by atoms with van der Waals surface area (Å²) in [5.41, 5.74) is 1.14. The highest BCUT2D eigenvalue weighted by Crippen LogP contribution is 2.35. The van der Waals surface area contributed by atoms with Crippen LogP contribution in [0.3, 0.4) is 0 Å². The van der Waals surface area contributed by atoms with Crippen LogP contribution in [0.2, 0.25) is 0 Å². The van der Waals surface area contributed by atoms with Gasteiger partial charge in [0.25, 0.3) is 5.91 Å². The van der Waals surface area contributed by atoms with E-state index in [9.17, 15) is 14.4 Å². The number of halogens is 1. The third kappa shape index (κ3) is 5.69. The number of benzene rings is 1. The van der Waals surface area contributed by atoms with Crippen molar-refractivity contribution in [1.29, 1.82) is 0 Å². The van der Waals surface area contributed by atoms with Crippen molar-refractivity contribution in [2.45, 2.75) is 101 Å². The van der Waals surface area contributed by atoms with Crippen molar-refractivity contribution in [3.63, 3.8) is 0 Å². The zero-order valence-electron chi connectivity index (χ0n) is 22.5. The molecule has 10 heteroatoms. The van der Waals surface area contributed by atoms with Gasteiger partial charge in [-0.15, -0.1) is 0 Å². The van der Waals surface area contributed by atoms with E-state index in [4.69, 9.17) is 9.47 Å². The van der Waals surface area contributed by atoms with Crippen LogP contribution in [0.15, 0.2) is 12.1 Å². The maximum absolute atomic E-state index is 15.7. The largest absolute Gasteiger partial charge is 0.375 e. The van der Waals surface area contributed by atoms with Gasteiger partial charge >= 0.3 is 0 Å². The molecule has 3 amide bonds. The van der Waals surface area contributed by atoms with Gasteiger partial charge in [0.2, 0.25) is 11.8 Å². The van der Waals surface area contributed by atoms with E-state index in [1.807, 2.05) is 4.90 Å². The molecule has 39 heavy (non-hydrogen) atoms. The minimum absolute atomic E-state index is 0.0454. The molecule has 5 aliphatic rings. The van der Waals surface area contributed by atoms with Crippen molar-refractivity contribution >= 4 is 23.4 Å². The summed E-state index contributed by atoms with van der Waals surface area (Å²) in [7, 11) is 0. The molecular formula is C29H39FN4O5. The minimum Gasteiger partial charge on any atom is -0.375 e. The standard InChI is InChI=1S/C29H39FN4O5/c30-27-23-17-34(25-7-8-26(35)32-28(25)36)29(37)22(23)5-6-24(27)33-15-11-21(12-16-33)39-19-3-1-18(2-4-19)38-20-9-13-31-14-10-20/h5-6,18-21,25,31H,1-4,7-17H2,(H,32,35,36)/t18-,19-,25?. The summed E-state index contributed by atoms with van der Waals surface area (Å²) < 4.78 is 28.5. The third-order valence-electron chi connectivity index (χ3n) is 9.09. The van der Waals surface area contributed by atoms with Crippen LogP contribution >= 0.6 is 0 Å². The second-order valence-electron chi connectivity index (χ2n) is 11.6. The number of amides is 3. The molecule has 3 saturated heterocycles. The molecule has 1 aromatic rings. The minimum atomic E-state index is -0.746. The van der Waals surface area contributed by atoms with Gasteiger partial charge in [0.05, 0.1) is 36.6 Å². The molecule has 4 heterocycles. The highest BCUT2D eigenvalue weighted by atomic mass is 19.1. The molecule has 6 rings (SSSR count). The van der Waals surface area contributed by atoms with Crippen LogP contribution < -0.4 is 15.5 Å². The summed E-state index contributed by atoms with van der Waals surface area (Å²) in [6.07, 6.45) is 9.71. The average molecular weight is 543 g/mol. The fraction of sp³-hybridized carbons (Fsp3) is 0.690. The topological polar surface area (TPSA) is 100 Å². The Morgan fingerprint density at radius 3 is 2.05 bits per heavy atom. The smallest absolute Gasteiger partial charge is 0.255 e. The average Bonchev–Trinajstić information content (AvgIpc) is 3.28. The summed E-state index contributed by atoms with van der Waals surface area (Å²) in [5, 5.41) is 5.68. The zero-order chi connectivity index (χ0) is 26.9. The maximum atomic E-state index is 15.7. The SMILES string of the molecule is O=C1CCC(N2Cc3c(ccc(N4CCC(O[C@H]5CC[C@H](OC6CCNCC6)CC5)CC4)c3F)C2=O)C(=O)N1. The Balaban J connectivity index is 0.997. The number of hydrogen-bond donors (Lipinski definition) is 2. The van der Waals surface area contributed by atoms with Crippen LogP contribution in [0.4, 0.5) is 10.1 Å². The van der Waals surface area contributed by atoms with Gasteiger partial charge in [-0.25, -0.2) is 4.39 Å². The second-order valence-corrected chi connectivity index (χ2v) is 11.6. The summed E-state index contributed by atoms with van der Waals surface area (Å²) >= 11 is 0. The fourth-order valence-electron chi connectivity index (χ4n) is 6.85. The number of piperidine rings is 3. The molecule has 0 bridgehead atoms. The lowest BCUT2D eigenvalue weighted by molar-refractivity contribution is -0.136. The number of nitrogens with one attached hydrogen (secondary N) is 2. The molecule has 212 valence electrons. The van der Waals surface area contributed by atoms with E-state index in [1.165, 1.54) is 4.90 Å². The Morgan fingerprint density at radius 1 is 0.795 bits per heavy atom. The molecule has 4 aliphatic heterocycles. The van der Waals surface area contributed by atoms with Crippen LogP contribution in [-0.4, -0.2) is 79.3 Å². The van der Waals surface area contributed by atoms with E-state index in [1.54, 1.807) is 12.1 Å². The molecule has 1 aromatic carbocycles. The molecular weight excluding hydrogens is 503 g/mol. The lowest BCUT2D eigenvalue weighted by Crippen LogP contribution is -2.52. The molecule has 0 spiro atoms. The number of anilines is 1. The number of hydrogen-bond acceptors (Lipinski definition) is 7. The van der Waals surface area contributed by atoms with Crippen molar-refractivity contribution < 1.29 is 28.2 Å². The van der Waals surface area contributed by atoms with Gasteiger partial charge in [-0.2, -0.15) is 0 Å². The van der Waals surface area contributed by atoms with Crippen molar-refractivity contribution in [2.24, 2.45) is 0 Å². The maximum Gasteiger partial charge on any atom is 0.255 e. The van der Waals surface area contributed by atoms with Gasteiger partial charge in [-0.3, -0.25) is 19.7 Å². The van der Waals surface area contributed by atoms with Crippen LogP contribution in [-0.2, 0) is 25.6 Å². The number of carbonyl (C=O) groups excluding carboxylic acids is 3. The van der Waals surface area contributed by atoms with Crippen LogP contribution in [0, 0.1) is 5.82 Å². The van der Waals surface area contributed by atoms with E-state index in [0.29, 0.717) is 42.1 Å². The highest BCUT2D eigenvalue weighted by Gasteiger charge is 2.41. The summed E-state index contributed by atoms with van der Waals surface area (Å²) in [5.74, 6) is -1.57. The second kappa shape index (κ2) is 11.5. The first-order chi connectivity index (χ1) is 19.0. The molecule has 1 unspecified atom stereocenters. The first-order valence-electron chi connectivity index (χ1n) is 14.7. The van der Waals surface area contributed by atoms with Crippen LogP contribution in [0.1, 0.15) is 80.1 Å². The molecule has 0 aromatic heterocycles. The van der Waals surface area contributed by atoms with E-state index >= 15 is 4.39 Å². The van der Waals surface area contributed by atoms with Crippen LogP contribution in [0.25, 0.3) is 0 Å². The number of imide groups is 1. The molecule has 2 N–H and O–H groups in total. The Labute approximate surface area is 228 Å². The van der Waals surface area contributed by atoms with E-state index in [0.717, 1.165) is 64.5 Å². The van der Waals surface area contributed by atoms with Gasteiger partial charge < -0.3 is 24.6 Å². The highest BCUT2D eigenvalue weighted by molar-refractivity contribution is 6.05. The van der Waals surface area contributed by atoms with Crippen molar-refractivity contribution in [2.75, 3.05) is 31.1 Å². The number of fused-ring (bicyclic) bond motifs is 1. The van der Waals surface area contributed by atoms with Gasteiger partial charge in [-0.1, -0.05) is 0 Å². The number of ether oxygens (including phenoxy) is 2. The van der Waals surface area contributed by atoms with Gasteiger partial charge in [0, 0.05) is 30.6 Å². The Kier molecular flexibility index (Phi) is 7.86. The quantitative estimate of drug-likeness (QED) is 0.533. The van der Waals surface area contributed by atoms with Crippen LogP contribution in [0.5, 0.6) is 0 Å². The first-order valence-corrected chi connectivity index (χ1v) is 14.7. The number of carbonyl (C=O) groups is 3. The predicted octanol–water partition coefficient (Wildman–Crippen LogP) is 2.65. The molecule has 1 atom stereocenters. The summed E-state index contributed by atoms with van der Waals surface area (Å²) in [6, 6.07) is 2.62. The van der Waals surface area contributed by atoms with Crippen molar-refractivity contribution in [3.05, 3.63) is 29.1 Å². The van der Waals surface area contributed by atoms with Gasteiger partial charge in [0.1, 0.15) is 6.04 Å². The normalized spacial score (nSPS) is 29.1.